The van der Waals surface area contributed by atoms with Crippen molar-refractivity contribution in [2.24, 2.45) is 0 Å². The van der Waals surface area contributed by atoms with E-state index < -0.39 is 0 Å². The Hall–Kier alpha value is -3.50. The topological polar surface area (TPSA) is 94.8 Å². The van der Waals surface area contributed by atoms with Crippen LogP contribution in [0.25, 0.3) is 17.2 Å². The zero-order chi connectivity index (χ0) is 25.1. The van der Waals surface area contributed by atoms with Crippen LogP contribution in [0.1, 0.15) is 34.8 Å². The lowest BCUT2D eigenvalue weighted by molar-refractivity contribution is 0.0593. The Morgan fingerprint density at radius 1 is 1.06 bits per heavy atom. The Morgan fingerprint density at radius 3 is 2.56 bits per heavy atom. The third-order valence-corrected chi connectivity index (χ3v) is 6.79. The number of aromatic nitrogens is 4. The van der Waals surface area contributed by atoms with E-state index >= 15 is 0 Å². The van der Waals surface area contributed by atoms with Gasteiger partial charge in [0.05, 0.1) is 44.0 Å². The van der Waals surface area contributed by atoms with Crippen LogP contribution < -0.4 is 9.47 Å². The molecule has 1 saturated heterocycles. The molecule has 1 saturated carbocycles. The first-order valence-electron chi connectivity index (χ1n) is 12.3. The number of rotatable bonds is 9. The van der Waals surface area contributed by atoms with E-state index in [1.54, 1.807) is 38.4 Å². The van der Waals surface area contributed by atoms with Gasteiger partial charge in [-0.2, -0.15) is 5.10 Å². The van der Waals surface area contributed by atoms with E-state index in [1.165, 1.54) is 0 Å². The minimum absolute atomic E-state index is 0.0279. The van der Waals surface area contributed by atoms with Gasteiger partial charge in [0.15, 0.2) is 0 Å². The van der Waals surface area contributed by atoms with E-state index in [-0.39, 0.29) is 11.8 Å². The number of carbonyl (C=O) groups is 1. The highest BCUT2D eigenvalue weighted by Crippen LogP contribution is 2.42. The molecule has 0 unspecified atom stereocenters. The summed E-state index contributed by atoms with van der Waals surface area (Å²) in [6, 6.07) is 7.41. The van der Waals surface area contributed by atoms with Gasteiger partial charge in [0.1, 0.15) is 11.5 Å². The van der Waals surface area contributed by atoms with Crippen molar-refractivity contribution in [3.63, 3.8) is 0 Å². The summed E-state index contributed by atoms with van der Waals surface area (Å²) >= 11 is 0. The van der Waals surface area contributed by atoms with Crippen molar-refractivity contribution in [3.05, 3.63) is 47.9 Å². The number of amides is 1. The predicted octanol–water partition coefficient (Wildman–Crippen LogP) is 2.63. The highest BCUT2D eigenvalue weighted by atomic mass is 16.5. The average molecular weight is 493 g/mol. The minimum Gasteiger partial charge on any atom is -0.497 e. The van der Waals surface area contributed by atoms with Crippen LogP contribution in [0.4, 0.5) is 0 Å². The molecular formula is C26H32N6O4. The van der Waals surface area contributed by atoms with E-state index in [2.05, 4.69) is 15.0 Å². The molecule has 0 bridgehead atoms. The van der Waals surface area contributed by atoms with Crippen molar-refractivity contribution in [1.29, 1.82) is 0 Å². The molecule has 1 aromatic carbocycles. The van der Waals surface area contributed by atoms with Crippen LogP contribution in [0.15, 0.2) is 36.7 Å². The number of methoxy groups -OCH3 is 3. The van der Waals surface area contributed by atoms with E-state index in [1.807, 2.05) is 29.2 Å². The Kier molecular flexibility index (Phi) is 7.15. The van der Waals surface area contributed by atoms with Crippen LogP contribution in [0.5, 0.6) is 11.5 Å². The van der Waals surface area contributed by atoms with Gasteiger partial charge in [0.2, 0.25) is 0 Å². The molecule has 0 spiro atoms. The zero-order valence-corrected chi connectivity index (χ0v) is 21.0. The van der Waals surface area contributed by atoms with Gasteiger partial charge in [-0.25, -0.2) is 14.6 Å². The second-order valence-corrected chi connectivity index (χ2v) is 9.06. The Balaban J connectivity index is 1.43. The smallest absolute Gasteiger partial charge is 0.257 e. The number of carbonyl (C=O) groups excluding carboxylic acids is 1. The first-order valence-corrected chi connectivity index (χ1v) is 12.3. The fourth-order valence-electron chi connectivity index (χ4n) is 4.61. The summed E-state index contributed by atoms with van der Waals surface area (Å²) in [4.78, 5) is 27.1. The highest BCUT2D eigenvalue weighted by Gasteiger charge is 2.35. The first kappa shape index (κ1) is 24.2. The predicted molar refractivity (Wildman–Crippen MR) is 134 cm³/mol. The summed E-state index contributed by atoms with van der Waals surface area (Å²) in [6.07, 6.45) is 5.44. The third kappa shape index (κ3) is 4.91. The molecule has 1 aliphatic carbocycles. The number of benzene rings is 1. The second kappa shape index (κ2) is 10.6. The summed E-state index contributed by atoms with van der Waals surface area (Å²) < 4.78 is 17.9. The molecule has 2 fully saturated rings. The zero-order valence-electron chi connectivity index (χ0n) is 21.0. The fourth-order valence-corrected chi connectivity index (χ4v) is 4.61. The van der Waals surface area contributed by atoms with Gasteiger partial charge in [-0.05, 0) is 37.1 Å². The molecular weight excluding hydrogens is 460 g/mol. The number of ether oxygens (including phenoxy) is 3. The monoisotopic (exact) mass is 492 g/mol. The molecule has 10 nitrogen and oxygen atoms in total. The molecule has 0 atom stereocenters. The van der Waals surface area contributed by atoms with E-state index in [0.717, 1.165) is 43.7 Å². The maximum absolute atomic E-state index is 13.5. The van der Waals surface area contributed by atoms with Gasteiger partial charge in [0.25, 0.3) is 11.9 Å². The first-order chi connectivity index (χ1) is 17.6. The van der Waals surface area contributed by atoms with Crippen LogP contribution in [-0.2, 0) is 4.74 Å². The minimum atomic E-state index is 0.0279. The van der Waals surface area contributed by atoms with Crippen LogP contribution in [0, 0.1) is 0 Å². The number of hydrogen-bond acceptors (Lipinski definition) is 8. The van der Waals surface area contributed by atoms with Gasteiger partial charge in [0, 0.05) is 57.5 Å². The van der Waals surface area contributed by atoms with Crippen LogP contribution in [0.3, 0.4) is 0 Å². The maximum Gasteiger partial charge on any atom is 0.257 e. The fraction of sp³-hybridized carbons (Fsp3) is 0.462. The Bertz CT molecular complexity index is 1220. The van der Waals surface area contributed by atoms with Crippen molar-refractivity contribution < 1.29 is 19.0 Å². The number of nitrogens with zero attached hydrogens (tertiary/aromatic N) is 6. The molecule has 1 aliphatic heterocycles. The molecule has 10 heteroatoms. The summed E-state index contributed by atoms with van der Waals surface area (Å²) in [5, 5.41) is 4.59. The molecule has 3 aromatic rings. The van der Waals surface area contributed by atoms with E-state index in [4.69, 9.17) is 19.2 Å². The molecule has 36 heavy (non-hydrogen) atoms. The van der Waals surface area contributed by atoms with Gasteiger partial charge in [-0.3, -0.25) is 9.69 Å². The van der Waals surface area contributed by atoms with Crippen LogP contribution in [0.2, 0.25) is 0 Å². The largest absolute Gasteiger partial charge is 0.497 e. The normalized spacial score (nSPS) is 16.2. The van der Waals surface area contributed by atoms with Crippen molar-refractivity contribution >= 4 is 5.91 Å². The second-order valence-electron chi connectivity index (χ2n) is 9.06. The lowest BCUT2D eigenvalue weighted by Gasteiger charge is -2.34. The quantitative estimate of drug-likeness (QED) is 0.450. The lowest BCUT2D eigenvalue weighted by Crippen LogP contribution is -2.49. The summed E-state index contributed by atoms with van der Waals surface area (Å²) in [7, 11) is 4.96. The van der Waals surface area contributed by atoms with Gasteiger partial charge < -0.3 is 19.1 Å². The molecule has 1 amide bonds. The third-order valence-electron chi connectivity index (χ3n) is 6.79. The summed E-state index contributed by atoms with van der Waals surface area (Å²) in [5.74, 6) is 2.14. The molecule has 2 aliphatic rings. The molecule has 2 aromatic heterocycles. The Morgan fingerprint density at radius 2 is 1.86 bits per heavy atom. The molecule has 190 valence electrons. The SMILES string of the molecule is COCCN1CCN(C(=O)c2cnn(-c3nccc(-c4cc(OC)ccc4OC)n3)c2C2CC2)CC1. The van der Waals surface area contributed by atoms with Crippen molar-refractivity contribution in [2.75, 3.05) is 60.7 Å². The standard InChI is InChI=1S/C26H32N6O4/c1-34-15-14-30-10-12-31(13-11-30)25(33)21-17-28-32(24(21)18-4-5-18)26-27-9-8-22(29-26)20-16-19(35-2)6-7-23(20)36-3/h6-9,16-18H,4-5,10-15H2,1-3H3. The van der Waals surface area contributed by atoms with Crippen molar-refractivity contribution in [2.45, 2.75) is 18.8 Å². The Labute approximate surface area is 210 Å². The van der Waals surface area contributed by atoms with Gasteiger partial charge >= 0.3 is 0 Å². The summed E-state index contributed by atoms with van der Waals surface area (Å²) in [6.45, 7) is 4.66. The van der Waals surface area contributed by atoms with Crippen LogP contribution in [-0.4, -0.2) is 96.1 Å². The van der Waals surface area contributed by atoms with Crippen molar-refractivity contribution in [1.82, 2.24) is 29.5 Å². The van der Waals surface area contributed by atoms with E-state index in [9.17, 15) is 4.79 Å². The highest BCUT2D eigenvalue weighted by molar-refractivity contribution is 5.95. The molecule has 0 radical (unpaired) electrons. The average Bonchev–Trinajstić information content (AvgIpc) is 3.68. The molecule has 3 heterocycles. The van der Waals surface area contributed by atoms with Crippen molar-refractivity contribution in [3.8, 4) is 28.7 Å². The van der Waals surface area contributed by atoms with Gasteiger partial charge in [-0.15, -0.1) is 0 Å². The van der Waals surface area contributed by atoms with Gasteiger partial charge in [-0.1, -0.05) is 0 Å². The molecule has 0 N–H and O–H groups in total. The number of hydrogen-bond donors (Lipinski definition) is 0. The van der Waals surface area contributed by atoms with E-state index in [0.29, 0.717) is 48.4 Å². The maximum atomic E-state index is 13.5. The lowest BCUT2D eigenvalue weighted by atomic mass is 10.1. The van der Waals surface area contributed by atoms with Crippen LogP contribution >= 0.6 is 0 Å². The number of piperazine rings is 1. The summed E-state index contributed by atoms with van der Waals surface area (Å²) in [5.41, 5.74) is 3.03. The molecule has 5 rings (SSSR count).